The van der Waals surface area contributed by atoms with Crippen molar-refractivity contribution in [1.29, 1.82) is 0 Å². The van der Waals surface area contributed by atoms with Crippen LogP contribution in [-0.4, -0.2) is 37.2 Å². The summed E-state index contributed by atoms with van der Waals surface area (Å²) in [6.07, 6.45) is 1.26. The van der Waals surface area contributed by atoms with Gasteiger partial charge >= 0.3 is 0 Å². The molecule has 0 saturated heterocycles. The Hall–Kier alpha value is -5.29. The number of hydrogen-bond donors (Lipinski definition) is 5. The number of aryl methyl sites for hydroxylation is 2. The minimum absolute atomic E-state index is 0.165. The first-order valence-electron chi connectivity index (χ1n) is 13.2. The predicted molar refractivity (Wildman–Crippen MR) is 158 cm³/mol. The van der Waals surface area contributed by atoms with Crippen molar-refractivity contribution in [3.8, 4) is 5.69 Å². The van der Waals surface area contributed by atoms with Crippen molar-refractivity contribution in [3.05, 3.63) is 112 Å². The van der Waals surface area contributed by atoms with E-state index in [-0.39, 0.29) is 11.5 Å². The molecule has 0 bridgehead atoms. The van der Waals surface area contributed by atoms with E-state index in [1.54, 1.807) is 34.3 Å². The Morgan fingerprint density at radius 2 is 1.73 bits per heavy atom. The van der Waals surface area contributed by atoms with Gasteiger partial charge in [-0.25, -0.2) is 15.4 Å². The number of hydroxylamine groups is 1. The number of carbonyl (C=O) groups excluding carboxylic acids is 1. The molecule has 0 fully saturated rings. The van der Waals surface area contributed by atoms with E-state index in [9.17, 15) is 9.59 Å². The van der Waals surface area contributed by atoms with Gasteiger partial charge in [0.05, 0.1) is 16.6 Å². The molecule has 208 valence electrons. The molecule has 0 aliphatic rings. The predicted octanol–water partition coefficient (Wildman–Crippen LogP) is 3.84. The monoisotopic (exact) mass is 550 g/mol. The lowest BCUT2D eigenvalue weighted by Gasteiger charge is -2.16. The van der Waals surface area contributed by atoms with Crippen molar-refractivity contribution in [2.75, 3.05) is 22.9 Å². The normalized spacial score (nSPS) is 10.9. The molecule has 0 spiro atoms. The summed E-state index contributed by atoms with van der Waals surface area (Å²) in [5.41, 5.74) is 11.2. The van der Waals surface area contributed by atoms with Gasteiger partial charge in [0.25, 0.3) is 11.5 Å². The molecule has 0 unspecified atom stereocenters. The van der Waals surface area contributed by atoms with Gasteiger partial charge in [-0.3, -0.25) is 19.4 Å². The van der Waals surface area contributed by atoms with Crippen LogP contribution >= 0.6 is 0 Å². The van der Waals surface area contributed by atoms with Crippen LogP contribution in [0.15, 0.2) is 83.7 Å². The first kappa shape index (κ1) is 27.3. The second-order valence-corrected chi connectivity index (χ2v) is 9.48. The average molecular weight is 551 g/mol. The number of nitrogens with two attached hydrogens (primary N) is 1. The van der Waals surface area contributed by atoms with Crippen LogP contribution in [0, 0.1) is 6.92 Å². The van der Waals surface area contributed by atoms with Crippen molar-refractivity contribution >= 4 is 34.3 Å². The second-order valence-electron chi connectivity index (χ2n) is 9.48. The first-order valence-corrected chi connectivity index (χ1v) is 13.2. The number of nitrogen functional groups attached to an aromatic ring is 1. The SMILES string of the molecule is Cc1cc(NCCCc2nc3cccc(NCc4ccc(C(=O)NO)cc4)c3c(=O)n2-c2ccccc2)nc(N)n1. The third-order valence-electron chi connectivity index (χ3n) is 6.54. The Balaban J connectivity index is 1.41. The van der Waals surface area contributed by atoms with Crippen LogP contribution in [0.1, 0.15) is 33.9 Å². The van der Waals surface area contributed by atoms with Crippen molar-refractivity contribution in [3.63, 3.8) is 0 Å². The average Bonchev–Trinajstić information content (AvgIpc) is 2.98. The molecule has 41 heavy (non-hydrogen) atoms. The molecule has 0 atom stereocenters. The maximum atomic E-state index is 14.0. The summed E-state index contributed by atoms with van der Waals surface area (Å²) in [4.78, 5) is 38.9. The highest BCUT2D eigenvalue weighted by molar-refractivity contribution is 5.93. The van der Waals surface area contributed by atoms with Crippen molar-refractivity contribution in [2.45, 2.75) is 26.3 Å². The fraction of sp³-hybridized carbons (Fsp3) is 0.167. The zero-order valence-electron chi connectivity index (χ0n) is 22.5. The van der Waals surface area contributed by atoms with Gasteiger partial charge in [0.1, 0.15) is 11.6 Å². The van der Waals surface area contributed by atoms with Gasteiger partial charge in [0.15, 0.2) is 0 Å². The van der Waals surface area contributed by atoms with E-state index in [1.165, 1.54) is 0 Å². The maximum absolute atomic E-state index is 14.0. The summed E-state index contributed by atoms with van der Waals surface area (Å²) in [6, 6.07) is 23.7. The zero-order chi connectivity index (χ0) is 28.8. The molecule has 5 rings (SSSR count). The van der Waals surface area contributed by atoms with Gasteiger partial charge in [0, 0.05) is 42.5 Å². The van der Waals surface area contributed by atoms with Crippen LogP contribution in [0.2, 0.25) is 0 Å². The number of amides is 1. The van der Waals surface area contributed by atoms with Crippen LogP contribution in [0.4, 0.5) is 17.5 Å². The van der Waals surface area contributed by atoms with Gasteiger partial charge in [-0.2, -0.15) is 4.98 Å². The third-order valence-corrected chi connectivity index (χ3v) is 6.54. The van der Waals surface area contributed by atoms with E-state index in [4.69, 9.17) is 15.9 Å². The van der Waals surface area contributed by atoms with Crippen LogP contribution in [0.25, 0.3) is 16.6 Å². The number of hydrogen-bond acceptors (Lipinski definition) is 9. The Morgan fingerprint density at radius 1 is 0.951 bits per heavy atom. The lowest BCUT2D eigenvalue weighted by molar-refractivity contribution is 0.0706. The second kappa shape index (κ2) is 12.3. The largest absolute Gasteiger partial charge is 0.380 e. The van der Waals surface area contributed by atoms with Crippen LogP contribution in [0.3, 0.4) is 0 Å². The highest BCUT2D eigenvalue weighted by Gasteiger charge is 2.16. The van der Waals surface area contributed by atoms with Crippen molar-refractivity contribution in [1.82, 2.24) is 25.0 Å². The molecule has 1 amide bonds. The number of fused-ring (bicyclic) bond motifs is 1. The topological polar surface area (TPSA) is 160 Å². The molecular weight excluding hydrogens is 520 g/mol. The van der Waals surface area contributed by atoms with E-state index in [0.717, 1.165) is 16.9 Å². The lowest BCUT2D eigenvalue weighted by Crippen LogP contribution is -2.25. The van der Waals surface area contributed by atoms with E-state index in [0.29, 0.717) is 59.7 Å². The summed E-state index contributed by atoms with van der Waals surface area (Å²) in [7, 11) is 0. The summed E-state index contributed by atoms with van der Waals surface area (Å²) in [5, 5.41) is 15.9. The van der Waals surface area contributed by atoms with Crippen LogP contribution in [-0.2, 0) is 13.0 Å². The van der Waals surface area contributed by atoms with Gasteiger partial charge in [-0.05, 0) is 55.3 Å². The minimum atomic E-state index is -0.577. The first-order chi connectivity index (χ1) is 19.9. The number of carbonyl (C=O) groups is 1. The van der Waals surface area contributed by atoms with E-state index in [2.05, 4.69) is 20.6 Å². The molecule has 5 aromatic rings. The molecule has 0 radical (unpaired) electrons. The minimum Gasteiger partial charge on any atom is -0.380 e. The number of anilines is 3. The number of nitrogens with one attached hydrogen (secondary N) is 3. The summed E-state index contributed by atoms with van der Waals surface area (Å²) in [6.45, 7) is 2.89. The van der Waals surface area contributed by atoms with E-state index in [1.807, 2.05) is 61.5 Å². The molecule has 0 aliphatic heterocycles. The molecule has 11 nitrogen and oxygen atoms in total. The number of para-hydroxylation sites is 1. The molecule has 6 N–H and O–H groups in total. The van der Waals surface area contributed by atoms with Crippen molar-refractivity contribution < 1.29 is 10.0 Å². The van der Waals surface area contributed by atoms with Gasteiger partial charge < -0.3 is 16.4 Å². The maximum Gasteiger partial charge on any atom is 0.274 e. The molecule has 0 aliphatic carbocycles. The number of aromatic nitrogens is 4. The van der Waals surface area contributed by atoms with Crippen LogP contribution in [0.5, 0.6) is 0 Å². The zero-order valence-corrected chi connectivity index (χ0v) is 22.5. The van der Waals surface area contributed by atoms with E-state index >= 15 is 0 Å². The lowest BCUT2D eigenvalue weighted by atomic mass is 10.1. The highest BCUT2D eigenvalue weighted by atomic mass is 16.5. The summed E-state index contributed by atoms with van der Waals surface area (Å²) in [5.74, 6) is 0.955. The summed E-state index contributed by atoms with van der Waals surface area (Å²) >= 11 is 0. The number of rotatable bonds is 10. The number of benzene rings is 3. The molecular formula is C30H30N8O3. The molecule has 3 aromatic carbocycles. The number of nitrogens with zero attached hydrogens (tertiary/aromatic N) is 4. The molecule has 2 heterocycles. The Labute approximate surface area is 236 Å². The molecule has 2 aromatic heterocycles. The highest BCUT2D eigenvalue weighted by Crippen LogP contribution is 2.22. The standard InChI is InChI=1S/C30H30N8O3/c1-19-17-25(36-30(31)34-19)32-16-6-11-26-35-24-10-5-9-23(27(24)29(40)38(26)22-7-3-2-4-8-22)33-18-20-12-14-21(15-13-20)28(39)37-41/h2-5,7-10,12-15,17,33,41H,6,11,16,18H2,1H3,(H,37,39)(H3,31,32,34,36). The molecule has 11 heteroatoms. The smallest absolute Gasteiger partial charge is 0.274 e. The molecule has 0 saturated carbocycles. The quantitative estimate of drug-likeness (QED) is 0.0989. The Kier molecular flexibility index (Phi) is 8.16. The van der Waals surface area contributed by atoms with Crippen molar-refractivity contribution in [2.24, 2.45) is 0 Å². The van der Waals surface area contributed by atoms with Gasteiger partial charge in [0.2, 0.25) is 5.95 Å². The van der Waals surface area contributed by atoms with Crippen LogP contribution < -0.4 is 27.4 Å². The van der Waals surface area contributed by atoms with Gasteiger partial charge in [-0.15, -0.1) is 0 Å². The fourth-order valence-electron chi connectivity index (χ4n) is 4.62. The summed E-state index contributed by atoms with van der Waals surface area (Å²) < 4.78 is 1.67. The van der Waals surface area contributed by atoms with Gasteiger partial charge in [-0.1, -0.05) is 36.4 Å². The Bertz CT molecular complexity index is 1720. The Morgan fingerprint density at radius 3 is 2.46 bits per heavy atom. The third kappa shape index (κ3) is 6.31. The fourth-order valence-corrected chi connectivity index (χ4v) is 4.62. The van der Waals surface area contributed by atoms with E-state index < -0.39 is 5.91 Å².